The lowest BCUT2D eigenvalue weighted by Gasteiger charge is -2.20. The minimum absolute atomic E-state index is 0.0870. The van der Waals surface area contributed by atoms with Crippen LogP contribution in [0.5, 0.6) is 5.75 Å². The van der Waals surface area contributed by atoms with E-state index in [1.807, 2.05) is 0 Å². The van der Waals surface area contributed by atoms with E-state index in [-0.39, 0.29) is 22.5 Å². The lowest BCUT2D eigenvalue weighted by molar-refractivity contribution is -0.274. The van der Waals surface area contributed by atoms with Crippen molar-refractivity contribution in [3.05, 3.63) is 89.3 Å². The topological polar surface area (TPSA) is 90.4 Å². The van der Waals surface area contributed by atoms with Gasteiger partial charge in [0.1, 0.15) is 23.0 Å². The van der Waals surface area contributed by atoms with Gasteiger partial charge >= 0.3 is 12.3 Å². The number of alkyl halides is 3. The van der Waals surface area contributed by atoms with Crippen LogP contribution in [0.15, 0.2) is 60.9 Å². The highest BCUT2D eigenvalue weighted by Crippen LogP contribution is 2.27. The van der Waals surface area contributed by atoms with Gasteiger partial charge in [-0.2, -0.15) is 0 Å². The molecule has 11 heteroatoms. The average Bonchev–Trinajstić information content (AvgIpc) is 2.77. The molecular weight excluding hydrogens is 434 g/mol. The van der Waals surface area contributed by atoms with Crippen LogP contribution in [0.2, 0.25) is 0 Å². The van der Waals surface area contributed by atoms with Crippen LogP contribution in [0, 0.1) is 5.82 Å². The number of aromatic nitrogens is 2. The molecule has 0 fully saturated rings. The van der Waals surface area contributed by atoms with Crippen molar-refractivity contribution in [2.24, 2.45) is 0 Å². The van der Waals surface area contributed by atoms with Crippen LogP contribution in [0.4, 0.5) is 17.6 Å². The molecular formula is C21H15F4N3O4. The first kappa shape index (κ1) is 22.7. The third-order valence-corrected chi connectivity index (χ3v) is 4.20. The highest BCUT2D eigenvalue weighted by molar-refractivity contribution is 5.94. The largest absolute Gasteiger partial charge is 0.573 e. The Hall–Kier alpha value is -4.02. The van der Waals surface area contributed by atoms with Crippen molar-refractivity contribution in [1.29, 1.82) is 0 Å². The van der Waals surface area contributed by atoms with Gasteiger partial charge in [0.2, 0.25) is 0 Å². The predicted octanol–water partition coefficient (Wildman–Crippen LogP) is 3.82. The third-order valence-electron chi connectivity index (χ3n) is 4.20. The van der Waals surface area contributed by atoms with E-state index in [2.05, 4.69) is 24.8 Å². The molecule has 0 spiro atoms. The Kier molecular flexibility index (Phi) is 6.67. The highest BCUT2D eigenvalue weighted by Gasteiger charge is 2.31. The first-order valence-electron chi connectivity index (χ1n) is 8.99. The van der Waals surface area contributed by atoms with E-state index in [1.165, 1.54) is 43.6 Å². The Bertz CT molecular complexity index is 1100. The Balaban J connectivity index is 1.89. The van der Waals surface area contributed by atoms with Gasteiger partial charge in [0, 0.05) is 12.4 Å². The van der Waals surface area contributed by atoms with Crippen LogP contribution in [0.3, 0.4) is 0 Å². The summed E-state index contributed by atoms with van der Waals surface area (Å²) < 4.78 is 60.0. The third kappa shape index (κ3) is 5.56. The molecule has 7 nitrogen and oxygen atoms in total. The van der Waals surface area contributed by atoms with Crippen LogP contribution in [0.1, 0.15) is 38.1 Å². The van der Waals surface area contributed by atoms with E-state index in [1.54, 1.807) is 0 Å². The maximum absolute atomic E-state index is 14.4. The van der Waals surface area contributed by atoms with E-state index >= 15 is 0 Å². The number of nitrogens with zero attached hydrogens (tertiary/aromatic N) is 2. The Morgan fingerprint density at radius 2 is 1.75 bits per heavy atom. The molecule has 1 unspecified atom stereocenters. The molecule has 0 saturated carbocycles. The number of ether oxygens (including phenoxy) is 2. The first-order chi connectivity index (χ1) is 15.2. The summed E-state index contributed by atoms with van der Waals surface area (Å²) >= 11 is 0. The van der Waals surface area contributed by atoms with Crippen LogP contribution in [0.25, 0.3) is 0 Å². The Morgan fingerprint density at radius 3 is 2.31 bits per heavy atom. The van der Waals surface area contributed by atoms with E-state index in [4.69, 9.17) is 0 Å². The zero-order valence-corrected chi connectivity index (χ0v) is 16.4. The normalized spacial score (nSPS) is 12.0. The van der Waals surface area contributed by atoms with Gasteiger partial charge in [-0.3, -0.25) is 14.8 Å². The molecule has 1 atom stereocenters. The average molecular weight is 449 g/mol. The maximum Gasteiger partial charge on any atom is 0.573 e. The SMILES string of the molecule is COC(=O)c1ccc(C(=O)NC(c2ccc(OC(F)(F)F)cc2)c2ncccc2F)nc1. The van der Waals surface area contributed by atoms with Crippen LogP contribution in [-0.2, 0) is 4.74 Å². The second-order valence-corrected chi connectivity index (χ2v) is 6.32. The zero-order valence-electron chi connectivity index (χ0n) is 16.4. The summed E-state index contributed by atoms with van der Waals surface area (Å²) in [5.41, 5.74) is 0.126. The number of hydrogen-bond donors (Lipinski definition) is 1. The van der Waals surface area contributed by atoms with E-state index < -0.39 is 35.8 Å². The minimum atomic E-state index is -4.87. The van der Waals surface area contributed by atoms with Gasteiger partial charge in [-0.05, 0) is 42.0 Å². The molecule has 0 bridgehead atoms. The van der Waals surface area contributed by atoms with Gasteiger partial charge in [-0.25, -0.2) is 9.18 Å². The van der Waals surface area contributed by atoms with Crippen LogP contribution < -0.4 is 10.1 Å². The van der Waals surface area contributed by atoms with Gasteiger partial charge in [0.25, 0.3) is 5.91 Å². The lowest BCUT2D eigenvalue weighted by Crippen LogP contribution is -2.31. The number of pyridine rings is 2. The molecule has 3 aromatic rings. The number of nitrogens with one attached hydrogen (secondary N) is 1. The first-order valence-corrected chi connectivity index (χ1v) is 8.99. The molecule has 2 aromatic heterocycles. The van der Waals surface area contributed by atoms with Crippen molar-refractivity contribution in [2.45, 2.75) is 12.4 Å². The summed E-state index contributed by atoms with van der Waals surface area (Å²) in [5, 5.41) is 2.55. The molecule has 1 amide bonds. The van der Waals surface area contributed by atoms with E-state index in [0.29, 0.717) is 0 Å². The minimum Gasteiger partial charge on any atom is -0.465 e. The number of benzene rings is 1. The Morgan fingerprint density at radius 1 is 1.03 bits per heavy atom. The van der Waals surface area contributed by atoms with Crippen molar-refractivity contribution in [1.82, 2.24) is 15.3 Å². The maximum atomic E-state index is 14.4. The van der Waals surface area contributed by atoms with Gasteiger partial charge in [0.15, 0.2) is 0 Å². The fraction of sp³-hybridized carbons (Fsp3) is 0.143. The summed E-state index contributed by atoms with van der Waals surface area (Å²) in [6.45, 7) is 0. The molecule has 0 aliphatic carbocycles. The lowest BCUT2D eigenvalue weighted by atomic mass is 10.0. The molecule has 0 aliphatic rings. The fourth-order valence-electron chi connectivity index (χ4n) is 2.75. The Labute approximate surface area is 179 Å². The van der Waals surface area contributed by atoms with Crippen molar-refractivity contribution in [3.8, 4) is 5.75 Å². The van der Waals surface area contributed by atoms with Crippen molar-refractivity contribution >= 4 is 11.9 Å². The number of halogens is 4. The molecule has 2 heterocycles. The molecule has 32 heavy (non-hydrogen) atoms. The fourth-order valence-corrected chi connectivity index (χ4v) is 2.75. The molecule has 1 N–H and O–H groups in total. The summed E-state index contributed by atoms with van der Waals surface area (Å²) in [5.74, 6) is -2.58. The molecule has 0 radical (unpaired) electrons. The number of methoxy groups -OCH3 is 1. The van der Waals surface area contributed by atoms with E-state index in [0.717, 1.165) is 24.4 Å². The van der Waals surface area contributed by atoms with Crippen molar-refractivity contribution in [3.63, 3.8) is 0 Å². The van der Waals surface area contributed by atoms with Crippen molar-refractivity contribution in [2.75, 3.05) is 7.11 Å². The number of esters is 1. The molecule has 166 valence electrons. The summed E-state index contributed by atoms with van der Waals surface area (Å²) in [7, 11) is 1.19. The number of rotatable bonds is 6. The summed E-state index contributed by atoms with van der Waals surface area (Å²) in [6, 6.07) is 8.49. The summed E-state index contributed by atoms with van der Waals surface area (Å²) in [4.78, 5) is 32.0. The van der Waals surface area contributed by atoms with Crippen LogP contribution in [-0.4, -0.2) is 35.3 Å². The second kappa shape index (κ2) is 9.41. The summed E-state index contributed by atoms with van der Waals surface area (Å²) in [6.07, 6.45) is -2.42. The highest BCUT2D eigenvalue weighted by atomic mass is 19.4. The number of carbonyl (C=O) groups excluding carboxylic acids is 2. The monoisotopic (exact) mass is 449 g/mol. The smallest absolute Gasteiger partial charge is 0.465 e. The van der Waals surface area contributed by atoms with Gasteiger partial charge in [0.05, 0.1) is 18.7 Å². The molecule has 0 saturated heterocycles. The quantitative estimate of drug-likeness (QED) is 0.455. The molecule has 1 aromatic carbocycles. The number of amides is 1. The van der Waals surface area contributed by atoms with Crippen molar-refractivity contribution < 1.29 is 36.6 Å². The van der Waals surface area contributed by atoms with Gasteiger partial charge in [-0.15, -0.1) is 13.2 Å². The van der Waals surface area contributed by atoms with Crippen LogP contribution >= 0.6 is 0 Å². The number of carbonyl (C=O) groups is 2. The van der Waals surface area contributed by atoms with E-state index in [9.17, 15) is 27.2 Å². The number of hydrogen-bond acceptors (Lipinski definition) is 6. The molecule has 0 aliphatic heterocycles. The zero-order chi connectivity index (χ0) is 23.3. The van der Waals surface area contributed by atoms with Gasteiger partial charge < -0.3 is 14.8 Å². The standard InChI is InChI=1S/C21H15F4N3O4/c1-31-20(30)13-6-9-16(27-11-13)19(29)28-17(18-15(22)3-2-10-26-18)12-4-7-14(8-5-12)32-21(23,24)25/h2-11,17H,1H3,(H,28,29). The van der Waals surface area contributed by atoms with Gasteiger partial charge in [-0.1, -0.05) is 12.1 Å². The molecule has 3 rings (SSSR count). The second-order valence-electron chi connectivity index (χ2n) is 6.32. The predicted molar refractivity (Wildman–Crippen MR) is 102 cm³/mol.